The van der Waals surface area contributed by atoms with E-state index in [-0.39, 0.29) is 4.90 Å². The van der Waals surface area contributed by atoms with Gasteiger partial charge in [0.05, 0.1) is 7.11 Å². The lowest BCUT2D eigenvalue weighted by Gasteiger charge is -2.14. The molecule has 2 N–H and O–H groups in total. The quantitative estimate of drug-likeness (QED) is 0.831. The molecule has 1 rings (SSSR count). The third-order valence-electron chi connectivity index (χ3n) is 2.42. The Labute approximate surface area is 113 Å². The summed E-state index contributed by atoms with van der Waals surface area (Å²) >= 11 is 5.95. The molecule has 5 nitrogen and oxygen atoms in total. The summed E-state index contributed by atoms with van der Waals surface area (Å²) in [5.41, 5.74) is 0.709. The fraction of sp³-hybridized carbons (Fsp3) is 0.455. The highest BCUT2D eigenvalue weighted by Gasteiger charge is 2.21. The number of sulfonamides is 1. The SMILES string of the molecule is CCNCc1cc(Cl)cc(S(=O)(=O)NC)c1OC. The fourth-order valence-corrected chi connectivity index (χ4v) is 2.82. The van der Waals surface area contributed by atoms with Crippen LogP contribution in [-0.4, -0.2) is 29.1 Å². The van der Waals surface area contributed by atoms with E-state index in [2.05, 4.69) is 10.0 Å². The molecule has 0 amide bonds. The molecule has 0 aliphatic heterocycles. The van der Waals surface area contributed by atoms with E-state index in [4.69, 9.17) is 16.3 Å². The minimum atomic E-state index is -3.60. The van der Waals surface area contributed by atoms with Gasteiger partial charge in [-0.1, -0.05) is 18.5 Å². The molecule has 1 aromatic carbocycles. The predicted octanol–water partition coefficient (Wildman–Crippen LogP) is 1.37. The van der Waals surface area contributed by atoms with Crippen molar-refractivity contribution in [3.63, 3.8) is 0 Å². The molecule has 0 radical (unpaired) electrons. The van der Waals surface area contributed by atoms with Crippen LogP contribution in [0, 0.1) is 0 Å². The smallest absolute Gasteiger partial charge is 0.244 e. The second-order valence-electron chi connectivity index (χ2n) is 3.58. The average Bonchev–Trinajstić information content (AvgIpc) is 2.35. The van der Waals surface area contributed by atoms with Crippen LogP contribution < -0.4 is 14.8 Å². The lowest BCUT2D eigenvalue weighted by molar-refractivity contribution is 0.395. The first-order valence-corrected chi connectivity index (χ1v) is 7.33. The second kappa shape index (κ2) is 6.38. The Kier molecular flexibility index (Phi) is 5.40. The summed E-state index contributed by atoms with van der Waals surface area (Å²) in [7, 11) is -0.813. The highest BCUT2D eigenvalue weighted by Crippen LogP contribution is 2.31. The predicted molar refractivity (Wildman–Crippen MR) is 71.6 cm³/mol. The van der Waals surface area contributed by atoms with Gasteiger partial charge in [0.2, 0.25) is 10.0 Å². The summed E-state index contributed by atoms with van der Waals surface area (Å²) in [5, 5.41) is 3.47. The molecule has 0 unspecified atom stereocenters. The summed E-state index contributed by atoms with van der Waals surface area (Å²) in [4.78, 5) is 0.0490. The first-order chi connectivity index (χ1) is 8.46. The topological polar surface area (TPSA) is 67.4 Å². The third-order valence-corrected chi connectivity index (χ3v) is 4.06. The lowest BCUT2D eigenvalue weighted by atomic mass is 10.2. The van der Waals surface area contributed by atoms with E-state index in [9.17, 15) is 8.42 Å². The van der Waals surface area contributed by atoms with Crippen LogP contribution >= 0.6 is 11.6 Å². The molecule has 0 atom stereocenters. The van der Waals surface area contributed by atoms with Gasteiger partial charge in [-0.2, -0.15) is 0 Å². The number of hydrogen-bond acceptors (Lipinski definition) is 4. The van der Waals surface area contributed by atoms with Crippen LogP contribution in [0.4, 0.5) is 0 Å². The Morgan fingerprint density at radius 3 is 2.56 bits per heavy atom. The van der Waals surface area contributed by atoms with Gasteiger partial charge in [-0.3, -0.25) is 0 Å². The Bertz CT molecular complexity index is 517. The van der Waals surface area contributed by atoms with Crippen molar-refractivity contribution >= 4 is 21.6 Å². The summed E-state index contributed by atoms with van der Waals surface area (Å²) in [6.45, 7) is 3.22. The van der Waals surface area contributed by atoms with E-state index in [1.165, 1.54) is 20.2 Å². The van der Waals surface area contributed by atoms with Gasteiger partial charge in [-0.25, -0.2) is 13.1 Å². The van der Waals surface area contributed by atoms with E-state index in [0.29, 0.717) is 22.9 Å². The van der Waals surface area contributed by atoms with Gasteiger partial charge in [-0.15, -0.1) is 0 Å². The van der Waals surface area contributed by atoms with Crippen molar-refractivity contribution in [1.82, 2.24) is 10.0 Å². The Morgan fingerprint density at radius 2 is 2.06 bits per heavy atom. The van der Waals surface area contributed by atoms with Crippen molar-refractivity contribution in [2.24, 2.45) is 0 Å². The number of halogens is 1. The zero-order valence-electron chi connectivity index (χ0n) is 10.6. The van der Waals surface area contributed by atoms with E-state index in [0.717, 1.165) is 6.54 Å². The molecule has 1 aromatic rings. The van der Waals surface area contributed by atoms with Crippen LogP contribution in [0.3, 0.4) is 0 Å². The summed E-state index contributed by atoms with van der Waals surface area (Å²) in [6, 6.07) is 3.07. The van der Waals surface area contributed by atoms with E-state index >= 15 is 0 Å². The fourth-order valence-electron chi connectivity index (χ4n) is 1.55. The molecular weight excluding hydrogens is 276 g/mol. The van der Waals surface area contributed by atoms with E-state index in [1.807, 2.05) is 6.92 Å². The normalized spacial score (nSPS) is 11.6. The molecule has 0 saturated carbocycles. The van der Waals surface area contributed by atoms with Gasteiger partial charge < -0.3 is 10.1 Å². The average molecular weight is 293 g/mol. The molecule has 7 heteroatoms. The minimum absolute atomic E-state index is 0.0490. The van der Waals surface area contributed by atoms with Crippen LogP contribution in [0.1, 0.15) is 12.5 Å². The number of ether oxygens (including phenoxy) is 1. The van der Waals surface area contributed by atoms with Gasteiger partial charge in [0.15, 0.2) is 0 Å². The van der Waals surface area contributed by atoms with Crippen molar-refractivity contribution < 1.29 is 13.2 Å². The monoisotopic (exact) mass is 292 g/mol. The number of methoxy groups -OCH3 is 1. The maximum atomic E-state index is 11.9. The standard InChI is InChI=1S/C11H17ClN2O3S/c1-4-14-7-8-5-9(12)6-10(11(8)17-3)18(15,16)13-2/h5-6,13-14H,4,7H2,1-3H3. The largest absolute Gasteiger partial charge is 0.495 e. The van der Waals surface area contributed by atoms with Gasteiger partial charge in [-0.05, 0) is 25.7 Å². The molecule has 0 spiro atoms. The zero-order valence-corrected chi connectivity index (χ0v) is 12.2. The van der Waals surface area contributed by atoms with Crippen LogP contribution in [0.5, 0.6) is 5.75 Å². The molecular formula is C11H17ClN2O3S. The van der Waals surface area contributed by atoms with Crippen molar-refractivity contribution in [3.8, 4) is 5.75 Å². The molecule has 0 aromatic heterocycles. The third kappa shape index (κ3) is 3.35. The molecule has 0 bridgehead atoms. The maximum absolute atomic E-state index is 11.9. The number of nitrogens with one attached hydrogen (secondary N) is 2. The summed E-state index contributed by atoms with van der Waals surface area (Å²) < 4.78 is 31.2. The molecule has 0 aliphatic carbocycles. The van der Waals surface area contributed by atoms with Gasteiger partial charge in [0.1, 0.15) is 10.6 Å². The van der Waals surface area contributed by atoms with E-state index < -0.39 is 10.0 Å². The van der Waals surface area contributed by atoms with Crippen LogP contribution in [0.25, 0.3) is 0 Å². The second-order valence-corrected chi connectivity index (χ2v) is 5.88. The molecule has 0 aliphatic rings. The Balaban J connectivity index is 3.38. The Morgan fingerprint density at radius 1 is 1.39 bits per heavy atom. The first-order valence-electron chi connectivity index (χ1n) is 5.47. The van der Waals surface area contributed by atoms with Gasteiger partial charge in [0, 0.05) is 17.1 Å². The maximum Gasteiger partial charge on any atom is 0.244 e. The molecule has 102 valence electrons. The summed E-state index contributed by atoms with van der Waals surface area (Å²) in [5.74, 6) is 0.315. The zero-order chi connectivity index (χ0) is 13.8. The van der Waals surface area contributed by atoms with E-state index in [1.54, 1.807) is 6.07 Å². The van der Waals surface area contributed by atoms with Crippen LogP contribution in [0.15, 0.2) is 17.0 Å². The highest BCUT2D eigenvalue weighted by atomic mass is 35.5. The van der Waals surface area contributed by atoms with Gasteiger partial charge in [0.25, 0.3) is 0 Å². The molecule has 0 saturated heterocycles. The molecule has 18 heavy (non-hydrogen) atoms. The van der Waals surface area contributed by atoms with Gasteiger partial charge >= 0.3 is 0 Å². The first kappa shape index (κ1) is 15.2. The summed E-state index contributed by atoms with van der Waals surface area (Å²) in [6.07, 6.45) is 0. The van der Waals surface area contributed by atoms with Crippen LogP contribution in [0.2, 0.25) is 5.02 Å². The number of benzene rings is 1. The van der Waals surface area contributed by atoms with Crippen molar-refractivity contribution in [2.75, 3.05) is 20.7 Å². The van der Waals surface area contributed by atoms with Crippen molar-refractivity contribution in [2.45, 2.75) is 18.4 Å². The number of rotatable bonds is 6. The highest BCUT2D eigenvalue weighted by molar-refractivity contribution is 7.89. The molecule has 0 heterocycles. The minimum Gasteiger partial charge on any atom is -0.495 e. The lowest BCUT2D eigenvalue weighted by Crippen LogP contribution is -2.21. The molecule has 0 fully saturated rings. The Hall–Kier alpha value is -0.820. The van der Waals surface area contributed by atoms with Crippen molar-refractivity contribution in [1.29, 1.82) is 0 Å². The number of hydrogen-bond donors (Lipinski definition) is 2. The van der Waals surface area contributed by atoms with Crippen molar-refractivity contribution in [3.05, 3.63) is 22.7 Å². The van der Waals surface area contributed by atoms with Crippen LogP contribution in [-0.2, 0) is 16.6 Å².